The number of ether oxygens (including phenoxy) is 1. The van der Waals surface area contributed by atoms with Gasteiger partial charge in [0.05, 0.1) is 23.9 Å². The summed E-state index contributed by atoms with van der Waals surface area (Å²) >= 11 is 0. The lowest BCUT2D eigenvalue weighted by molar-refractivity contribution is -0.141. The number of benzene rings is 4. The molecule has 1 unspecified atom stereocenters. The van der Waals surface area contributed by atoms with Crippen molar-refractivity contribution in [2.75, 3.05) is 13.2 Å². The molecule has 2 fully saturated rings. The lowest BCUT2D eigenvalue weighted by atomic mass is 9.43. The van der Waals surface area contributed by atoms with Crippen LogP contribution in [-0.4, -0.2) is 41.6 Å². The van der Waals surface area contributed by atoms with Gasteiger partial charge in [-0.25, -0.2) is 4.79 Å². The summed E-state index contributed by atoms with van der Waals surface area (Å²) in [4.78, 5) is 55.0. The van der Waals surface area contributed by atoms with Gasteiger partial charge in [-0.2, -0.15) is 0 Å². The minimum absolute atomic E-state index is 0.0130. The first-order valence-corrected chi connectivity index (χ1v) is 13.9. The third kappa shape index (κ3) is 2.97. The molecule has 0 aromatic heterocycles. The molecule has 4 aromatic carbocycles. The van der Waals surface area contributed by atoms with Gasteiger partial charge in [0.25, 0.3) is 0 Å². The summed E-state index contributed by atoms with van der Waals surface area (Å²) < 4.78 is 5.53. The molecule has 0 bridgehead atoms. The molecule has 200 valence electrons. The van der Waals surface area contributed by atoms with E-state index in [1.54, 1.807) is 48.5 Å². The largest absolute Gasteiger partial charge is 0.460 e. The number of amides is 2. The molecule has 8 rings (SSSR count). The summed E-state index contributed by atoms with van der Waals surface area (Å²) in [7, 11) is 0. The van der Waals surface area contributed by atoms with Gasteiger partial charge in [-0.15, -0.1) is 0 Å². The molecular formula is C35H25NO5. The van der Waals surface area contributed by atoms with Crippen LogP contribution >= 0.6 is 0 Å². The molecule has 0 N–H and O–H groups in total. The minimum Gasteiger partial charge on any atom is -0.460 e. The quantitative estimate of drug-likeness (QED) is 0.198. The van der Waals surface area contributed by atoms with E-state index in [1.165, 1.54) is 16.0 Å². The van der Waals surface area contributed by atoms with Crippen molar-refractivity contribution >= 4 is 23.6 Å². The highest BCUT2D eigenvalue weighted by Gasteiger charge is 2.78. The first-order valence-electron chi connectivity index (χ1n) is 13.9. The predicted molar refractivity (Wildman–Crippen MR) is 149 cm³/mol. The molecule has 1 spiro atoms. The summed E-state index contributed by atoms with van der Waals surface area (Å²) in [6.45, 7) is -0.155. The maximum atomic E-state index is 13.8. The number of rotatable bonds is 6. The van der Waals surface area contributed by atoms with Gasteiger partial charge in [0.1, 0.15) is 6.61 Å². The van der Waals surface area contributed by atoms with Crippen LogP contribution in [0.5, 0.6) is 0 Å². The lowest BCUT2D eigenvalue weighted by Crippen LogP contribution is -2.55. The third-order valence-electron chi connectivity index (χ3n) is 9.65. The number of esters is 1. The molecule has 1 saturated heterocycles. The van der Waals surface area contributed by atoms with Crippen molar-refractivity contribution in [1.29, 1.82) is 0 Å². The molecule has 5 atom stereocenters. The van der Waals surface area contributed by atoms with E-state index >= 15 is 0 Å². The van der Waals surface area contributed by atoms with Crippen molar-refractivity contribution in [3.8, 4) is 0 Å². The van der Waals surface area contributed by atoms with Crippen molar-refractivity contribution in [2.24, 2.45) is 11.8 Å². The normalized spacial score (nSPS) is 26.1. The van der Waals surface area contributed by atoms with Crippen LogP contribution in [0.1, 0.15) is 60.4 Å². The number of likely N-dealkylation sites (tertiary alicyclic amines) is 1. The van der Waals surface area contributed by atoms with Crippen LogP contribution in [0.4, 0.5) is 0 Å². The maximum absolute atomic E-state index is 13.8. The van der Waals surface area contributed by atoms with E-state index in [-0.39, 0.29) is 59.1 Å². The van der Waals surface area contributed by atoms with Crippen molar-refractivity contribution < 1.29 is 23.9 Å². The number of fused-ring (bicyclic) bond motifs is 7. The Hall–Kier alpha value is -4.84. The number of hydrogen-bond acceptors (Lipinski definition) is 5. The summed E-state index contributed by atoms with van der Waals surface area (Å²) in [5.41, 5.74) is 5.41. The number of ketones is 1. The highest BCUT2D eigenvalue weighted by molar-refractivity contribution is 6.14. The number of hydrogen-bond donors (Lipinski definition) is 0. The van der Waals surface area contributed by atoms with E-state index in [2.05, 4.69) is 24.3 Å². The van der Waals surface area contributed by atoms with Gasteiger partial charge in [0.15, 0.2) is 5.78 Å². The van der Waals surface area contributed by atoms with Crippen LogP contribution < -0.4 is 0 Å². The van der Waals surface area contributed by atoms with Crippen molar-refractivity contribution in [2.45, 2.75) is 17.3 Å². The second-order valence-electron chi connectivity index (χ2n) is 11.3. The smallest absolute Gasteiger partial charge is 0.338 e. The van der Waals surface area contributed by atoms with E-state index < -0.39 is 17.8 Å². The summed E-state index contributed by atoms with van der Waals surface area (Å²) in [5.74, 6) is -2.20. The monoisotopic (exact) mass is 539 g/mol. The summed E-state index contributed by atoms with van der Waals surface area (Å²) in [6, 6.07) is 31.8. The van der Waals surface area contributed by atoms with Gasteiger partial charge < -0.3 is 4.74 Å². The third-order valence-corrected chi connectivity index (χ3v) is 9.65. The van der Waals surface area contributed by atoms with Crippen LogP contribution in [0.15, 0.2) is 103 Å². The predicted octanol–water partition coefficient (Wildman–Crippen LogP) is 4.87. The number of carbonyl (C=O) groups is 4. The molecule has 6 heteroatoms. The maximum Gasteiger partial charge on any atom is 0.338 e. The van der Waals surface area contributed by atoms with E-state index in [4.69, 9.17) is 4.74 Å². The summed E-state index contributed by atoms with van der Waals surface area (Å²) in [6.07, 6.45) is 0. The minimum atomic E-state index is -0.663. The summed E-state index contributed by atoms with van der Waals surface area (Å²) in [5, 5.41) is 0. The van der Waals surface area contributed by atoms with E-state index in [0.717, 1.165) is 11.1 Å². The highest BCUT2D eigenvalue weighted by Crippen LogP contribution is 2.80. The molecule has 0 radical (unpaired) electrons. The average Bonchev–Trinajstić information content (AvgIpc) is 3.37. The van der Waals surface area contributed by atoms with Gasteiger partial charge in [0.2, 0.25) is 11.8 Å². The fraction of sp³-hybridized carbons (Fsp3) is 0.200. The Labute approximate surface area is 236 Å². The molecule has 41 heavy (non-hydrogen) atoms. The lowest BCUT2D eigenvalue weighted by Gasteiger charge is -2.59. The van der Waals surface area contributed by atoms with Gasteiger partial charge in [-0.05, 0) is 28.3 Å². The van der Waals surface area contributed by atoms with Crippen molar-refractivity contribution in [3.05, 3.63) is 142 Å². The van der Waals surface area contributed by atoms with Gasteiger partial charge in [-0.1, -0.05) is 97.1 Å². The fourth-order valence-corrected chi connectivity index (χ4v) is 8.19. The number of imide groups is 1. The highest BCUT2D eigenvalue weighted by atomic mass is 16.5. The second kappa shape index (κ2) is 8.58. The first-order chi connectivity index (χ1) is 20.0. The van der Waals surface area contributed by atoms with Gasteiger partial charge in [0, 0.05) is 28.4 Å². The molecule has 4 aliphatic rings. The Kier molecular flexibility index (Phi) is 5.02. The van der Waals surface area contributed by atoms with Crippen molar-refractivity contribution in [1.82, 2.24) is 4.90 Å². The molecule has 1 heterocycles. The molecule has 1 aliphatic heterocycles. The zero-order valence-electron chi connectivity index (χ0n) is 22.0. The Morgan fingerprint density at radius 2 is 1.17 bits per heavy atom. The first kappa shape index (κ1) is 24.0. The molecular weight excluding hydrogens is 514 g/mol. The Bertz CT molecular complexity index is 1720. The van der Waals surface area contributed by atoms with Crippen LogP contribution in [0.2, 0.25) is 0 Å². The zero-order chi connectivity index (χ0) is 27.9. The van der Waals surface area contributed by atoms with Crippen molar-refractivity contribution in [3.63, 3.8) is 0 Å². The standard InChI is InChI=1S/C35H25NO5/c37-31(20-10-2-1-3-11-20)21-12-4-5-13-22(21)34(40)41-19-18-36-32(38)27-28(33(36)39)30-24-15-7-9-17-26(24)35(30)25-16-8-6-14-23(25)29(27)35/h1-17,27-30H,18-19H2/t27-,28+,29-,30+,35?. The molecule has 6 nitrogen and oxygen atoms in total. The van der Waals surface area contributed by atoms with Crippen LogP contribution in [-0.2, 0) is 19.7 Å². The number of nitrogens with zero attached hydrogens (tertiary/aromatic N) is 1. The van der Waals surface area contributed by atoms with E-state index in [1.807, 2.05) is 30.3 Å². The topological polar surface area (TPSA) is 80.8 Å². The van der Waals surface area contributed by atoms with Crippen LogP contribution in [0.3, 0.4) is 0 Å². The molecule has 3 aliphatic carbocycles. The van der Waals surface area contributed by atoms with E-state index in [0.29, 0.717) is 5.56 Å². The Morgan fingerprint density at radius 1 is 0.659 bits per heavy atom. The number of carbonyl (C=O) groups excluding carboxylic acids is 4. The van der Waals surface area contributed by atoms with Gasteiger partial charge in [-0.3, -0.25) is 19.3 Å². The average molecular weight is 540 g/mol. The molecule has 4 aromatic rings. The molecule has 2 amide bonds. The molecule has 1 saturated carbocycles. The van der Waals surface area contributed by atoms with E-state index in [9.17, 15) is 19.2 Å². The van der Waals surface area contributed by atoms with Crippen LogP contribution in [0, 0.1) is 11.8 Å². The fourth-order valence-electron chi connectivity index (χ4n) is 8.19. The Morgan fingerprint density at radius 3 is 1.78 bits per heavy atom. The van der Waals surface area contributed by atoms with Crippen LogP contribution in [0.25, 0.3) is 0 Å². The second-order valence-corrected chi connectivity index (χ2v) is 11.3. The Balaban J connectivity index is 1.02. The SMILES string of the molecule is O=C(OCCN1C(=O)[C@@H]2[C@H](C1=O)[C@@H]1c3ccccc3C13c1ccccc1[C@H]23)c1ccccc1C(=O)c1ccccc1. The zero-order valence-corrected chi connectivity index (χ0v) is 22.0. The van der Waals surface area contributed by atoms with Gasteiger partial charge >= 0.3 is 5.97 Å².